The minimum Gasteiger partial charge on any atom is -0.352 e. The maximum absolute atomic E-state index is 13.3. The summed E-state index contributed by atoms with van der Waals surface area (Å²) in [5, 5.41) is 8.77. The summed E-state index contributed by atoms with van der Waals surface area (Å²) in [5.74, 6) is -0.639. The second-order valence-corrected chi connectivity index (χ2v) is 6.33. The van der Waals surface area contributed by atoms with Gasteiger partial charge in [0.25, 0.3) is 5.91 Å². The Labute approximate surface area is 152 Å². The zero-order valence-electron chi connectivity index (χ0n) is 14.6. The Hall–Kier alpha value is -2.73. The summed E-state index contributed by atoms with van der Waals surface area (Å²) in [6.07, 6.45) is 1.97. The lowest BCUT2D eigenvalue weighted by atomic mass is 10.0. The predicted molar refractivity (Wildman–Crippen MR) is 98.3 cm³/mol. The number of amides is 2. The third-order valence-electron chi connectivity index (χ3n) is 4.41. The lowest BCUT2D eigenvalue weighted by Crippen LogP contribution is -2.28. The maximum atomic E-state index is 13.3. The van der Waals surface area contributed by atoms with Gasteiger partial charge in [-0.15, -0.1) is 0 Å². The van der Waals surface area contributed by atoms with Crippen molar-refractivity contribution in [2.45, 2.75) is 32.4 Å². The number of nitrogens with one attached hydrogen (secondary N) is 3. The van der Waals surface area contributed by atoms with Crippen molar-refractivity contribution in [2.75, 3.05) is 11.9 Å². The van der Waals surface area contributed by atoms with Gasteiger partial charge in [0.1, 0.15) is 11.9 Å². The minimum absolute atomic E-state index is 0.121. The number of fused-ring (bicyclic) bond motifs is 1. The number of hydrogen-bond acceptors (Lipinski definition) is 3. The highest BCUT2D eigenvalue weighted by atomic mass is 19.1. The van der Waals surface area contributed by atoms with Crippen LogP contribution in [-0.4, -0.2) is 18.4 Å². The molecule has 0 aromatic heterocycles. The molecule has 0 saturated carbocycles. The molecule has 1 heterocycles. The highest BCUT2D eigenvalue weighted by Crippen LogP contribution is 2.27. The summed E-state index contributed by atoms with van der Waals surface area (Å²) in [5.41, 5.74) is 2.75. The topological polar surface area (TPSA) is 70.2 Å². The summed E-state index contributed by atoms with van der Waals surface area (Å²) in [7, 11) is 0. The maximum Gasteiger partial charge on any atom is 0.251 e. The molecule has 1 atom stereocenters. The molecule has 1 aliphatic heterocycles. The van der Waals surface area contributed by atoms with Crippen LogP contribution in [0.25, 0.3) is 0 Å². The first kappa shape index (κ1) is 18.1. The number of anilines is 1. The highest BCUT2D eigenvalue weighted by Gasteiger charge is 2.28. The van der Waals surface area contributed by atoms with Crippen LogP contribution in [0.2, 0.25) is 0 Å². The van der Waals surface area contributed by atoms with Crippen molar-refractivity contribution in [3.63, 3.8) is 0 Å². The zero-order chi connectivity index (χ0) is 18.5. The molecule has 3 N–H and O–H groups in total. The number of unbranched alkanes of at least 4 members (excludes halogenated alkanes) is 1. The van der Waals surface area contributed by atoms with E-state index in [-0.39, 0.29) is 17.6 Å². The van der Waals surface area contributed by atoms with E-state index in [2.05, 4.69) is 22.9 Å². The van der Waals surface area contributed by atoms with Crippen LogP contribution < -0.4 is 16.0 Å². The average molecular weight is 355 g/mol. The molecule has 0 bridgehead atoms. The van der Waals surface area contributed by atoms with Crippen molar-refractivity contribution in [1.82, 2.24) is 10.6 Å². The van der Waals surface area contributed by atoms with E-state index in [1.807, 2.05) is 0 Å². The van der Waals surface area contributed by atoms with Crippen LogP contribution in [0.3, 0.4) is 0 Å². The van der Waals surface area contributed by atoms with Crippen LogP contribution in [0.5, 0.6) is 0 Å². The Morgan fingerprint density at radius 1 is 1.19 bits per heavy atom. The Morgan fingerprint density at radius 3 is 2.69 bits per heavy atom. The van der Waals surface area contributed by atoms with Gasteiger partial charge < -0.3 is 10.6 Å². The molecule has 3 rings (SSSR count). The van der Waals surface area contributed by atoms with Gasteiger partial charge in [0.15, 0.2) is 0 Å². The van der Waals surface area contributed by atoms with E-state index in [1.165, 1.54) is 12.1 Å². The third kappa shape index (κ3) is 4.08. The molecular formula is C20H22FN3O2. The van der Waals surface area contributed by atoms with Gasteiger partial charge in [-0.05, 0) is 53.9 Å². The van der Waals surface area contributed by atoms with E-state index >= 15 is 0 Å². The van der Waals surface area contributed by atoms with Crippen LogP contribution in [-0.2, 0) is 11.3 Å². The quantitative estimate of drug-likeness (QED) is 0.697. The summed E-state index contributed by atoms with van der Waals surface area (Å²) in [6, 6.07) is 10.7. The molecular weight excluding hydrogens is 333 g/mol. The van der Waals surface area contributed by atoms with E-state index in [0.717, 1.165) is 24.0 Å². The standard InChI is InChI=1S/C20H22FN3O2/c1-2-3-10-22-19(25)13-4-7-16(8-5-13)24-20(26)18-17-9-6-15(21)11-14(17)12-23-18/h4-9,11,18,23H,2-3,10,12H2,1H3,(H,22,25)(H,24,26). The average Bonchev–Trinajstić information content (AvgIpc) is 3.05. The molecule has 1 unspecified atom stereocenters. The SMILES string of the molecule is CCCCNC(=O)c1ccc(NC(=O)C2NCc3cc(F)ccc32)cc1. The third-order valence-corrected chi connectivity index (χ3v) is 4.41. The molecule has 0 aliphatic carbocycles. The summed E-state index contributed by atoms with van der Waals surface area (Å²) in [4.78, 5) is 24.5. The molecule has 2 amide bonds. The van der Waals surface area contributed by atoms with Crippen molar-refractivity contribution in [2.24, 2.45) is 0 Å². The molecule has 2 aromatic carbocycles. The van der Waals surface area contributed by atoms with Gasteiger partial charge in [-0.25, -0.2) is 4.39 Å². The van der Waals surface area contributed by atoms with Gasteiger partial charge in [0.05, 0.1) is 0 Å². The molecule has 6 heteroatoms. The summed E-state index contributed by atoms with van der Waals surface area (Å²) < 4.78 is 13.3. The molecule has 0 spiro atoms. The van der Waals surface area contributed by atoms with Gasteiger partial charge in [-0.1, -0.05) is 19.4 Å². The van der Waals surface area contributed by atoms with E-state index in [0.29, 0.717) is 24.3 Å². The second kappa shape index (κ2) is 8.10. The van der Waals surface area contributed by atoms with Crippen molar-refractivity contribution in [1.29, 1.82) is 0 Å². The number of hydrogen-bond donors (Lipinski definition) is 3. The van der Waals surface area contributed by atoms with Gasteiger partial charge in [-0.3, -0.25) is 14.9 Å². The first-order valence-electron chi connectivity index (χ1n) is 8.79. The first-order valence-corrected chi connectivity index (χ1v) is 8.79. The molecule has 2 aromatic rings. The van der Waals surface area contributed by atoms with Crippen molar-refractivity contribution < 1.29 is 14.0 Å². The van der Waals surface area contributed by atoms with E-state index < -0.39 is 6.04 Å². The van der Waals surface area contributed by atoms with E-state index in [4.69, 9.17) is 0 Å². The number of rotatable bonds is 6. The molecule has 1 aliphatic rings. The number of benzene rings is 2. The second-order valence-electron chi connectivity index (χ2n) is 6.33. The predicted octanol–water partition coefficient (Wildman–Crippen LogP) is 3.14. The monoisotopic (exact) mass is 355 g/mol. The van der Waals surface area contributed by atoms with Crippen molar-refractivity contribution in [3.8, 4) is 0 Å². The summed E-state index contributed by atoms with van der Waals surface area (Å²) >= 11 is 0. The van der Waals surface area contributed by atoms with Crippen molar-refractivity contribution >= 4 is 17.5 Å². The van der Waals surface area contributed by atoms with E-state index in [1.54, 1.807) is 30.3 Å². The van der Waals surface area contributed by atoms with Gasteiger partial charge in [0, 0.05) is 24.3 Å². The Bertz CT molecular complexity index is 805. The van der Waals surface area contributed by atoms with E-state index in [9.17, 15) is 14.0 Å². The molecule has 5 nitrogen and oxygen atoms in total. The molecule has 136 valence electrons. The zero-order valence-corrected chi connectivity index (χ0v) is 14.6. The first-order chi connectivity index (χ1) is 12.6. The fourth-order valence-corrected chi connectivity index (χ4v) is 2.97. The normalized spacial score (nSPS) is 15.4. The fraction of sp³-hybridized carbons (Fsp3) is 0.300. The minimum atomic E-state index is -0.511. The number of carbonyl (C=O) groups is 2. The van der Waals surface area contributed by atoms with Crippen LogP contribution in [0.4, 0.5) is 10.1 Å². The number of carbonyl (C=O) groups excluding carboxylic acids is 2. The number of halogens is 1. The van der Waals surface area contributed by atoms with Crippen LogP contribution >= 0.6 is 0 Å². The van der Waals surface area contributed by atoms with Crippen molar-refractivity contribution in [3.05, 3.63) is 65.0 Å². The largest absolute Gasteiger partial charge is 0.352 e. The molecule has 0 radical (unpaired) electrons. The molecule has 0 fully saturated rings. The Kier molecular flexibility index (Phi) is 5.63. The van der Waals surface area contributed by atoms with Gasteiger partial charge in [0.2, 0.25) is 5.91 Å². The van der Waals surface area contributed by atoms with Gasteiger partial charge >= 0.3 is 0 Å². The van der Waals surface area contributed by atoms with Crippen LogP contribution in [0.1, 0.15) is 47.3 Å². The highest BCUT2D eigenvalue weighted by molar-refractivity contribution is 5.98. The molecule has 26 heavy (non-hydrogen) atoms. The molecule has 0 saturated heterocycles. The lowest BCUT2D eigenvalue weighted by Gasteiger charge is -2.13. The van der Waals surface area contributed by atoms with Crippen LogP contribution in [0.15, 0.2) is 42.5 Å². The fourth-order valence-electron chi connectivity index (χ4n) is 2.97. The van der Waals surface area contributed by atoms with Crippen LogP contribution in [0, 0.1) is 5.82 Å². The van der Waals surface area contributed by atoms with Gasteiger partial charge in [-0.2, -0.15) is 0 Å². The Balaban J connectivity index is 1.61. The lowest BCUT2D eigenvalue weighted by molar-refractivity contribution is -0.118. The summed E-state index contributed by atoms with van der Waals surface area (Å²) in [6.45, 7) is 3.18. The smallest absolute Gasteiger partial charge is 0.251 e. The Morgan fingerprint density at radius 2 is 1.96 bits per heavy atom.